The van der Waals surface area contributed by atoms with Crippen molar-refractivity contribution in [2.45, 2.75) is 62.8 Å². The van der Waals surface area contributed by atoms with Crippen molar-refractivity contribution < 1.29 is 0 Å². The van der Waals surface area contributed by atoms with E-state index in [2.05, 4.69) is 58.4 Å². The average molecular weight is 451 g/mol. The molecule has 4 nitrogen and oxygen atoms in total. The number of hydrogen-bond acceptors (Lipinski definition) is 5. The number of nitrogens with zero attached hydrogens (tertiary/aromatic N) is 4. The second kappa shape index (κ2) is 7.73. The van der Waals surface area contributed by atoms with Gasteiger partial charge in [-0.3, -0.25) is 0 Å². The first kappa shape index (κ1) is 20.0. The summed E-state index contributed by atoms with van der Waals surface area (Å²) in [6, 6.07) is 8.61. The minimum Gasteiger partial charge on any atom is -0.309 e. The number of benzene rings is 1. The monoisotopic (exact) mass is 450 g/mol. The van der Waals surface area contributed by atoms with Gasteiger partial charge in [0.2, 0.25) is 0 Å². The fourth-order valence-electron chi connectivity index (χ4n) is 6.81. The van der Waals surface area contributed by atoms with Crippen LogP contribution in [0.2, 0.25) is 0 Å². The first-order chi connectivity index (χ1) is 15.1. The summed E-state index contributed by atoms with van der Waals surface area (Å²) in [4.78, 5) is 4.85. The Labute approximate surface area is 192 Å². The molecule has 162 valence electrons. The third-order valence-corrected chi connectivity index (χ3v) is 9.82. The third-order valence-electron chi connectivity index (χ3n) is 7.82. The molecule has 0 N–H and O–H groups in total. The zero-order valence-corrected chi connectivity index (χ0v) is 20.0. The fraction of sp³-hybridized carbons (Fsp3) is 0.560. The van der Waals surface area contributed by atoms with Crippen molar-refractivity contribution in [3.05, 3.63) is 46.7 Å². The molecule has 0 radical (unpaired) electrons. The highest BCUT2D eigenvalue weighted by Crippen LogP contribution is 2.61. The van der Waals surface area contributed by atoms with Crippen LogP contribution in [0.25, 0.3) is 10.6 Å². The molecular formula is C25H30N4S2. The van der Waals surface area contributed by atoms with Gasteiger partial charge in [0.05, 0.1) is 5.69 Å². The lowest BCUT2D eigenvalue weighted by Gasteiger charge is -2.56. The van der Waals surface area contributed by atoms with E-state index in [1.54, 1.807) is 23.1 Å². The molecule has 0 unspecified atom stereocenters. The summed E-state index contributed by atoms with van der Waals surface area (Å²) >= 11 is 3.48. The van der Waals surface area contributed by atoms with Crippen LogP contribution < -0.4 is 0 Å². The van der Waals surface area contributed by atoms with Crippen molar-refractivity contribution in [1.82, 2.24) is 19.7 Å². The summed E-state index contributed by atoms with van der Waals surface area (Å²) in [6.45, 7) is 2.12. The number of aryl methyl sites for hydroxylation is 1. The summed E-state index contributed by atoms with van der Waals surface area (Å²) in [7, 11) is 2.15. The molecule has 0 amide bonds. The van der Waals surface area contributed by atoms with Crippen molar-refractivity contribution in [3.8, 4) is 10.6 Å². The van der Waals surface area contributed by atoms with E-state index >= 15 is 0 Å². The average Bonchev–Trinajstić information content (AvgIpc) is 3.33. The van der Waals surface area contributed by atoms with Crippen LogP contribution in [0, 0.1) is 30.1 Å². The number of rotatable bonds is 6. The maximum absolute atomic E-state index is 4.85. The van der Waals surface area contributed by atoms with Crippen molar-refractivity contribution in [3.63, 3.8) is 0 Å². The van der Waals surface area contributed by atoms with Crippen molar-refractivity contribution in [1.29, 1.82) is 0 Å². The predicted molar refractivity (Wildman–Crippen MR) is 127 cm³/mol. The Balaban J connectivity index is 1.12. The summed E-state index contributed by atoms with van der Waals surface area (Å²) in [6.07, 6.45) is 9.89. The zero-order chi connectivity index (χ0) is 21.0. The second-order valence-corrected chi connectivity index (χ2v) is 12.2. The molecule has 3 aromatic rings. The molecule has 4 aliphatic carbocycles. The van der Waals surface area contributed by atoms with Crippen LogP contribution in [0.3, 0.4) is 0 Å². The Hall–Kier alpha value is -1.66. The molecule has 6 heteroatoms. The smallest absolute Gasteiger partial charge is 0.191 e. The maximum atomic E-state index is 4.85. The van der Waals surface area contributed by atoms with Crippen molar-refractivity contribution in [2.24, 2.45) is 30.2 Å². The van der Waals surface area contributed by atoms with Gasteiger partial charge in [-0.25, -0.2) is 4.98 Å². The van der Waals surface area contributed by atoms with E-state index in [9.17, 15) is 0 Å². The maximum Gasteiger partial charge on any atom is 0.191 e. The lowest BCUT2D eigenvalue weighted by Crippen LogP contribution is -2.47. The summed E-state index contributed by atoms with van der Waals surface area (Å²) in [5, 5.41) is 13.5. The Morgan fingerprint density at radius 2 is 1.71 bits per heavy atom. The minimum atomic E-state index is 0.509. The van der Waals surface area contributed by atoms with Crippen LogP contribution in [-0.2, 0) is 19.2 Å². The Morgan fingerprint density at radius 1 is 1.03 bits per heavy atom. The Kier molecular flexibility index (Phi) is 4.98. The van der Waals surface area contributed by atoms with Crippen LogP contribution in [0.15, 0.2) is 34.8 Å². The molecule has 0 aliphatic heterocycles. The van der Waals surface area contributed by atoms with Crippen LogP contribution in [-0.4, -0.2) is 19.7 Å². The van der Waals surface area contributed by atoms with Gasteiger partial charge in [-0.2, -0.15) is 0 Å². The summed E-state index contributed by atoms with van der Waals surface area (Å²) < 4.78 is 2.25. The quantitative estimate of drug-likeness (QED) is 0.414. The normalized spacial score (nSPS) is 29.0. The lowest BCUT2D eigenvalue weighted by atomic mass is 9.49. The SMILES string of the molecule is Cc1ccc(-c2nc(CSc3nnc(CC45CC6CC(CC(C6)C4)C5)n3C)cs2)cc1. The topological polar surface area (TPSA) is 43.6 Å². The number of thiazole rings is 1. The molecule has 0 spiro atoms. The highest BCUT2D eigenvalue weighted by molar-refractivity contribution is 7.98. The van der Waals surface area contributed by atoms with Gasteiger partial charge >= 0.3 is 0 Å². The van der Waals surface area contributed by atoms with Gasteiger partial charge in [0.15, 0.2) is 5.16 Å². The molecule has 4 bridgehead atoms. The largest absolute Gasteiger partial charge is 0.309 e. The predicted octanol–water partition coefficient (Wildman–Crippen LogP) is 6.30. The minimum absolute atomic E-state index is 0.509. The van der Waals surface area contributed by atoms with Crippen molar-refractivity contribution in [2.75, 3.05) is 0 Å². The van der Waals surface area contributed by atoms with Gasteiger partial charge in [0, 0.05) is 30.2 Å². The van der Waals surface area contributed by atoms with E-state index in [0.717, 1.165) is 45.8 Å². The van der Waals surface area contributed by atoms with Gasteiger partial charge in [-0.05, 0) is 68.6 Å². The molecule has 4 saturated carbocycles. The van der Waals surface area contributed by atoms with Gasteiger partial charge in [0.25, 0.3) is 0 Å². The Bertz CT molecular complexity index is 1050. The summed E-state index contributed by atoms with van der Waals surface area (Å²) in [5.41, 5.74) is 4.11. The molecule has 4 fully saturated rings. The van der Waals surface area contributed by atoms with E-state index in [4.69, 9.17) is 4.98 Å². The summed E-state index contributed by atoms with van der Waals surface area (Å²) in [5.74, 6) is 4.98. The molecule has 7 rings (SSSR count). The van der Waals surface area contributed by atoms with E-state index in [0.29, 0.717) is 5.41 Å². The van der Waals surface area contributed by atoms with Gasteiger partial charge in [-0.1, -0.05) is 41.6 Å². The van der Waals surface area contributed by atoms with Gasteiger partial charge in [-0.15, -0.1) is 21.5 Å². The molecular weight excluding hydrogens is 420 g/mol. The van der Waals surface area contributed by atoms with Gasteiger partial charge < -0.3 is 4.57 Å². The molecule has 1 aromatic carbocycles. The standard InChI is InChI=1S/C25H30N4S2/c1-16-3-5-20(6-4-16)23-26-21(14-30-23)15-31-24-28-27-22(29(24)2)13-25-10-17-7-18(11-25)9-19(8-17)12-25/h3-6,14,17-19H,7-13,15H2,1-2H3. The zero-order valence-electron chi connectivity index (χ0n) is 18.4. The van der Waals surface area contributed by atoms with Crippen LogP contribution in [0.1, 0.15) is 55.6 Å². The molecule has 2 heterocycles. The molecule has 0 atom stereocenters. The van der Waals surface area contributed by atoms with E-state index in [-0.39, 0.29) is 0 Å². The second-order valence-electron chi connectivity index (χ2n) is 10.4. The molecule has 4 aliphatic rings. The van der Waals surface area contributed by atoms with Crippen molar-refractivity contribution >= 4 is 23.1 Å². The number of thioether (sulfide) groups is 1. The molecule has 2 aromatic heterocycles. The molecule has 31 heavy (non-hydrogen) atoms. The van der Waals surface area contributed by atoms with Gasteiger partial charge in [0.1, 0.15) is 10.8 Å². The van der Waals surface area contributed by atoms with Crippen LogP contribution in [0.5, 0.6) is 0 Å². The van der Waals surface area contributed by atoms with E-state index in [1.165, 1.54) is 55.5 Å². The number of aromatic nitrogens is 4. The molecule has 0 saturated heterocycles. The number of hydrogen-bond donors (Lipinski definition) is 0. The van der Waals surface area contributed by atoms with Crippen LogP contribution >= 0.6 is 23.1 Å². The Morgan fingerprint density at radius 3 is 2.39 bits per heavy atom. The fourth-order valence-corrected chi connectivity index (χ4v) is 8.56. The first-order valence-electron chi connectivity index (χ1n) is 11.6. The van der Waals surface area contributed by atoms with Crippen LogP contribution in [0.4, 0.5) is 0 Å². The highest BCUT2D eigenvalue weighted by atomic mass is 32.2. The van der Waals surface area contributed by atoms with E-state index < -0.39 is 0 Å². The highest BCUT2D eigenvalue weighted by Gasteiger charge is 2.51. The first-order valence-corrected chi connectivity index (χ1v) is 13.4. The third kappa shape index (κ3) is 3.86. The van der Waals surface area contributed by atoms with E-state index in [1.807, 2.05) is 0 Å². The lowest BCUT2D eigenvalue weighted by molar-refractivity contribution is -0.0535.